The lowest BCUT2D eigenvalue weighted by atomic mass is 10.1. The van der Waals surface area contributed by atoms with Gasteiger partial charge in [-0.05, 0) is 30.6 Å². The summed E-state index contributed by atoms with van der Waals surface area (Å²) in [6.07, 6.45) is 4.72. The van der Waals surface area contributed by atoms with Crippen LogP contribution in [-0.2, 0) is 11.2 Å². The Hall–Kier alpha value is -1.00. The molecule has 2 fully saturated rings. The number of hydrogen-bond donors (Lipinski definition) is 1. The van der Waals surface area contributed by atoms with Gasteiger partial charge in [0.2, 0.25) is 5.91 Å². The molecule has 0 bridgehead atoms. The van der Waals surface area contributed by atoms with Crippen molar-refractivity contribution in [3.63, 3.8) is 0 Å². The molecule has 3 rings (SSSR count). The van der Waals surface area contributed by atoms with E-state index in [2.05, 4.69) is 17.4 Å². The number of carbonyl (C=O) groups is 1. The van der Waals surface area contributed by atoms with E-state index in [1.165, 1.54) is 30.6 Å². The fraction of sp³-hybridized carbons (Fsp3) is 0.562. The van der Waals surface area contributed by atoms with Crippen LogP contribution in [0.2, 0.25) is 0 Å². The lowest BCUT2D eigenvalue weighted by Crippen LogP contribution is -2.36. The predicted octanol–water partition coefficient (Wildman–Crippen LogP) is 2.27. The molecular formula is C16H22N2OS. The molecule has 0 aliphatic carbocycles. The summed E-state index contributed by atoms with van der Waals surface area (Å²) in [5, 5.41) is 4.01. The van der Waals surface area contributed by atoms with Gasteiger partial charge in [0.25, 0.3) is 0 Å². The third-order valence-electron chi connectivity index (χ3n) is 4.12. The highest BCUT2D eigenvalue weighted by Crippen LogP contribution is 2.26. The van der Waals surface area contributed by atoms with Crippen LogP contribution in [0.4, 0.5) is 0 Å². The zero-order chi connectivity index (χ0) is 13.8. The Balaban J connectivity index is 1.54. The Morgan fingerprint density at radius 3 is 2.85 bits per heavy atom. The highest BCUT2D eigenvalue weighted by atomic mass is 32.2. The Morgan fingerprint density at radius 2 is 2.10 bits per heavy atom. The number of carbonyl (C=O) groups excluding carboxylic acids is 1. The van der Waals surface area contributed by atoms with Crippen LogP contribution in [-0.4, -0.2) is 41.1 Å². The van der Waals surface area contributed by atoms with Gasteiger partial charge in [-0.1, -0.05) is 36.8 Å². The summed E-state index contributed by atoms with van der Waals surface area (Å²) in [6.45, 7) is 1.63. The Bertz CT molecular complexity index is 445. The molecule has 2 aliphatic heterocycles. The minimum Gasteiger partial charge on any atom is -0.327 e. The summed E-state index contributed by atoms with van der Waals surface area (Å²) in [4.78, 5) is 14.4. The molecule has 2 saturated heterocycles. The number of rotatable bonds is 4. The summed E-state index contributed by atoms with van der Waals surface area (Å²) in [5.74, 6) is 1.54. The second-order valence-corrected chi connectivity index (χ2v) is 7.06. The van der Waals surface area contributed by atoms with Crippen molar-refractivity contribution < 1.29 is 4.79 Å². The Kier molecular flexibility index (Phi) is 4.63. The van der Waals surface area contributed by atoms with E-state index in [-0.39, 0.29) is 11.9 Å². The summed E-state index contributed by atoms with van der Waals surface area (Å²) in [5.41, 5.74) is 1.23. The number of amides is 1. The van der Waals surface area contributed by atoms with E-state index >= 15 is 0 Å². The first kappa shape index (κ1) is 14.0. The van der Waals surface area contributed by atoms with Crippen molar-refractivity contribution >= 4 is 17.7 Å². The van der Waals surface area contributed by atoms with Crippen LogP contribution < -0.4 is 5.32 Å². The molecular weight excluding hydrogens is 268 g/mol. The summed E-state index contributed by atoms with van der Waals surface area (Å²) < 4.78 is 0. The summed E-state index contributed by atoms with van der Waals surface area (Å²) in [7, 11) is 0. The third kappa shape index (κ3) is 3.36. The largest absolute Gasteiger partial charge is 0.327 e. The molecule has 2 unspecified atom stereocenters. The molecule has 20 heavy (non-hydrogen) atoms. The highest BCUT2D eigenvalue weighted by Gasteiger charge is 2.32. The van der Waals surface area contributed by atoms with Crippen LogP contribution >= 0.6 is 11.8 Å². The minimum absolute atomic E-state index is 0.0361. The first-order valence-electron chi connectivity index (χ1n) is 7.50. The van der Waals surface area contributed by atoms with Gasteiger partial charge in [-0.25, -0.2) is 0 Å². The fourth-order valence-corrected chi connectivity index (χ4v) is 4.29. The number of benzene rings is 1. The molecule has 3 nitrogen and oxygen atoms in total. The van der Waals surface area contributed by atoms with Crippen molar-refractivity contribution in [3.05, 3.63) is 35.9 Å². The smallest absolute Gasteiger partial charge is 0.241 e. The van der Waals surface area contributed by atoms with Gasteiger partial charge >= 0.3 is 0 Å². The number of hydrogen-bond acceptors (Lipinski definition) is 3. The fourth-order valence-electron chi connectivity index (χ4n) is 2.97. The topological polar surface area (TPSA) is 32.3 Å². The van der Waals surface area contributed by atoms with E-state index < -0.39 is 0 Å². The van der Waals surface area contributed by atoms with Gasteiger partial charge in [0.1, 0.15) is 0 Å². The van der Waals surface area contributed by atoms with Crippen molar-refractivity contribution in [3.8, 4) is 0 Å². The molecule has 0 saturated carbocycles. The van der Waals surface area contributed by atoms with E-state index in [9.17, 15) is 4.79 Å². The van der Waals surface area contributed by atoms with Crippen molar-refractivity contribution in [1.29, 1.82) is 0 Å². The monoisotopic (exact) mass is 290 g/mol. The van der Waals surface area contributed by atoms with Crippen LogP contribution in [0.25, 0.3) is 0 Å². The molecule has 0 spiro atoms. The van der Waals surface area contributed by atoms with Crippen LogP contribution in [0, 0.1) is 0 Å². The van der Waals surface area contributed by atoms with Crippen LogP contribution in [0.1, 0.15) is 24.8 Å². The molecule has 0 radical (unpaired) electrons. The van der Waals surface area contributed by atoms with Crippen LogP contribution in [0.5, 0.6) is 0 Å². The quantitative estimate of drug-likeness (QED) is 0.923. The maximum atomic E-state index is 12.4. The maximum absolute atomic E-state index is 12.4. The normalized spacial score (nSPS) is 27.0. The number of thioether (sulfide) groups is 1. The first-order chi connectivity index (χ1) is 9.83. The van der Waals surface area contributed by atoms with Crippen molar-refractivity contribution in [2.24, 2.45) is 0 Å². The average molecular weight is 290 g/mol. The molecule has 1 aromatic rings. The molecule has 2 heterocycles. The van der Waals surface area contributed by atoms with E-state index in [1.807, 2.05) is 34.9 Å². The molecule has 1 aromatic carbocycles. The molecule has 4 heteroatoms. The van der Waals surface area contributed by atoms with Crippen molar-refractivity contribution in [1.82, 2.24) is 10.2 Å². The highest BCUT2D eigenvalue weighted by molar-refractivity contribution is 7.99. The van der Waals surface area contributed by atoms with Gasteiger partial charge in [-0.2, -0.15) is 11.8 Å². The zero-order valence-electron chi connectivity index (χ0n) is 11.8. The van der Waals surface area contributed by atoms with Crippen molar-refractivity contribution in [2.45, 2.75) is 37.0 Å². The third-order valence-corrected chi connectivity index (χ3v) is 5.50. The first-order valence-corrected chi connectivity index (χ1v) is 8.55. The van der Waals surface area contributed by atoms with Gasteiger partial charge in [0.05, 0.1) is 12.7 Å². The van der Waals surface area contributed by atoms with Crippen LogP contribution in [0.15, 0.2) is 30.3 Å². The lowest BCUT2D eigenvalue weighted by Gasteiger charge is -2.26. The summed E-state index contributed by atoms with van der Waals surface area (Å²) in [6, 6.07) is 10.2. The van der Waals surface area contributed by atoms with Gasteiger partial charge in [-0.15, -0.1) is 0 Å². The minimum atomic E-state index is -0.0361. The average Bonchev–Trinajstić information content (AvgIpc) is 2.83. The second-order valence-electron chi connectivity index (χ2n) is 5.65. The Labute approximate surface area is 125 Å². The predicted molar refractivity (Wildman–Crippen MR) is 83.7 cm³/mol. The molecule has 2 aliphatic rings. The molecule has 2 atom stereocenters. The van der Waals surface area contributed by atoms with Gasteiger partial charge in [0, 0.05) is 11.8 Å². The lowest BCUT2D eigenvalue weighted by molar-refractivity contribution is -0.128. The molecule has 108 valence electrons. The van der Waals surface area contributed by atoms with Crippen molar-refractivity contribution in [2.75, 3.05) is 19.0 Å². The molecule has 0 aromatic heterocycles. The van der Waals surface area contributed by atoms with Gasteiger partial charge < -0.3 is 4.90 Å². The molecule has 1 N–H and O–H groups in total. The van der Waals surface area contributed by atoms with Gasteiger partial charge in [-0.3, -0.25) is 10.1 Å². The van der Waals surface area contributed by atoms with Crippen LogP contribution in [0.3, 0.4) is 0 Å². The summed E-state index contributed by atoms with van der Waals surface area (Å²) >= 11 is 2.04. The second kappa shape index (κ2) is 6.64. The van der Waals surface area contributed by atoms with E-state index in [1.54, 1.807) is 0 Å². The number of nitrogens with zero attached hydrogens (tertiary/aromatic N) is 1. The van der Waals surface area contributed by atoms with E-state index in [0.29, 0.717) is 11.9 Å². The zero-order valence-corrected chi connectivity index (χ0v) is 12.6. The Morgan fingerprint density at radius 1 is 1.25 bits per heavy atom. The standard InChI is InChI=1S/C16H22N2OS/c19-16-15(10-13-6-2-1-3-7-13)17-12-18(16)11-14-8-4-5-9-20-14/h1-3,6-7,14-15,17H,4-5,8-12H2. The van der Waals surface area contributed by atoms with E-state index in [0.717, 1.165) is 13.0 Å². The van der Waals surface area contributed by atoms with Gasteiger partial charge in [0.15, 0.2) is 0 Å². The van der Waals surface area contributed by atoms with E-state index in [4.69, 9.17) is 0 Å². The maximum Gasteiger partial charge on any atom is 0.241 e. The molecule has 1 amide bonds. The SMILES string of the molecule is O=C1C(Cc2ccccc2)NCN1CC1CCCCS1. The number of nitrogens with one attached hydrogen (secondary N) is 1.